The van der Waals surface area contributed by atoms with Gasteiger partial charge in [-0.3, -0.25) is 0 Å². The molecule has 46 heavy (non-hydrogen) atoms. The number of benzene rings is 4. The first kappa shape index (κ1) is 29.6. The monoisotopic (exact) mass is 606 g/mol. The largest absolute Gasteiger partial charge is 0.372 e. The van der Waals surface area contributed by atoms with Crippen LogP contribution in [0.5, 0.6) is 0 Å². The van der Waals surface area contributed by atoms with Crippen molar-refractivity contribution in [3.05, 3.63) is 129 Å². The predicted molar refractivity (Wildman–Crippen MR) is 196 cm³/mol. The summed E-state index contributed by atoms with van der Waals surface area (Å²) >= 11 is 0. The van der Waals surface area contributed by atoms with Gasteiger partial charge in [0, 0.05) is 37.6 Å². The fraction of sp³-hybridized carbons (Fsp3) is 0.409. The molecule has 0 aromatic heterocycles. The Kier molecular flexibility index (Phi) is 6.67. The molecule has 0 aliphatic heterocycles. The van der Waals surface area contributed by atoms with Crippen molar-refractivity contribution in [1.82, 2.24) is 0 Å². The summed E-state index contributed by atoms with van der Waals surface area (Å²) < 4.78 is 0. The molecule has 0 heterocycles. The lowest BCUT2D eigenvalue weighted by Gasteiger charge is -2.39. The molecule has 0 bridgehead atoms. The molecule has 4 aromatic carbocycles. The van der Waals surface area contributed by atoms with Crippen molar-refractivity contribution in [2.24, 2.45) is 11.8 Å². The Bertz CT molecular complexity index is 1750. The van der Waals surface area contributed by atoms with Gasteiger partial charge in [-0.15, -0.1) is 0 Å². The van der Waals surface area contributed by atoms with E-state index in [0.717, 1.165) is 26.2 Å². The average Bonchev–Trinajstić information content (AvgIpc) is 3.71. The summed E-state index contributed by atoms with van der Waals surface area (Å²) in [5.41, 5.74) is 17.7. The van der Waals surface area contributed by atoms with Crippen LogP contribution in [0.3, 0.4) is 0 Å². The highest BCUT2D eigenvalue weighted by atomic mass is 15.1. The number of hydrogen-bond donors (Lipinski definition) is 0. The fourth-order valence-corrected chi connectivity index (χ4v) is 10.9. The lowest BCUT2D eigenvalue weighted by Crippen LogP contribution is -2.34. The minimum atomic E-state index is -0.195. The predicted octanol–water partition coefficient (Wildman–Crippen LogP) is 10.4. The van der Waals surface area contributed by atoms with Crippen LogP contribution in [-0.4, -0.2) is 26.2 Å². The van der Waals surface area contributed by atoms with E-state index >= 15 is 0 Å². The van der Waals surface area contributed by atoms with Crippen molar-refractivity contribution in [3.8, 4) is 0 Å². The summed E-state index contributed by atoms with van der Waals surface area (Å²) in [6.07, 6.45) is 0. The Morgan fingerprint density at radius 2 is 0.848 bits per heavy atom. The van der Waals surface area contributed by atoms with Gasteiger partial charge in [0.15, 0.2) is 0 Å². The maximum Gasteiger partial charge on any atom is 0.0501 e. The number of fused-ring (bicyclic) bond motifs is 12. The number of nitrogens with zero attached hydrogens (tertiary/aromatic N) is 2. The van der Waals surface area contributed by atoms with E-state index in [2.05, 4.69) is 150 Å². The molecule has 8 rings (SSSR count). The van der Waals surface area contributed by atoms with E-state index in [4.69, 9.17) is 0 Å². The highest BCUT2D eigenvalue weighted by molar-refractivity contribution is 6.14. The zero-order valence-corrected chi connectivity index (χ0v) is 29.1. The quantitative estimate of drug-likeness (QED) is 0.215. The smallest absolute Gasteiger partial charge is 0.0501 e. The Hall–Kier alpha value is -3.78. The molecule has 6 atom stereocenters. The van der Waals surface area contributed by atoms with E-state index in [-0.39, 0.29) is 10.8 Å². The normalized spacial score (nSPS) is 28.0. The molecule has 2 heteroatoms. The van der Waals surface area contributed by atoms with E-state index in [9.17, 15) is 0 Å². The average molecular weight is 607 g/mol. The molecule has 0 radical (unpaired) electrons. The van der Waals surface area contributed by atoms with Crippen LogP contribution in [0.25, 0.3) is 11.1 Å². The molecule has 4 aliphatic rings. The lowest BCUT2D eigenvalue weighted by atomic mass is 9.63. The van der Waals surface area contributed by atoms with Gasteiger partial charge in [0.1, 0.15) is 0 Å². The van der Waals surface area contributed by atoms with E-state index in [1.165, 1.54) is 55.9 Å². The van der Waals surface area contributed by atoms with Gasteiger partial charge in [-0.1, -0.05) is 88.4 Å². The first-order valence-corrected chi connectivity index (χ1v) is 18.1. The topological polar surface area (TPSA) is 6.48 Å². The maximum atomic E-state index is 2.61. The third-order valence-electron chi connectivity index (χ3n) is 13.3. The van der Waals surface area contributed by atoms with Crippen LogP contribution in [-0.2, 0) is 10.8 Å². The van der Waals surface area contributed by atoms with E-state index < -0.39 is 0 Å². The van der Waals surface area contributed by atoms with Gasteiger partial charge in [-0.2, -0.15) is 0 Å². The van der Waals surface area contributed by atoms with Crippen molar-refractivity contribution in [1.29, 1.82) is 0 Å². The molecule has 0 saturated carbocycles. The standard InChI is InChI=1S/C44H50N2/c1-9-45(10-2)31-21-23-35-39(25-31)43(29(7)27(5)33-17-13-15-19-37(33)43)42-36-24-22-32(46(11-3)12-4)26-40(36)44(41(35)42)30(8)28(6)34-18-14-16-20-38(34)44/h13-30H,9-12H2,1-8H3/t27-,28-,29+,30+,43?,44?/m1/s1. The van der Waals surface area contributed by atoms with Crippen LogP contribution >= 0.6 is 0 Å². The van der Waals surface area contributed by atoms with E-state index in [1.807, 2.05) is 0 Å². The van der Waals surface area contributed by atoms with Gasteiger partial charge in [-0.05, 0) is 131 Å². The second kappa shape index (κ2) is 10.4. The van der Waals surface area contributed by atoms with Crippen molar-refractivity contribution in [3.63, 3.8) is 0 Å². The highest BCUT2D eigenvalue weighted by Gasteiger charge is 2.66. The van der Waals surface area contributed by atoms with Crippen molar-refractivity contribution < 1.29 is 0 Å². The Labute approximate surface area is 277 Å². The van der Waals surface area contributed by atoms with Gasteiger partial charge in [-0.25, -0.2) is 0 Å². The summed E-state index contributed by atoms with van der Waals surface area (Å²) in [7, 11) is 0. The van der Waals surface area contributed by atoms with E-state index in [1.54, 1.807) is 11.1 Å². The minimum absolute atomic E-state index is 0.195. The molecular formula is C44H50N2. The molecule has 0 amide bonds. The van der Waals surface area contributed by atoms with Crippen LogP contribution in [0.4, 0.5) is 11.4 Å². The van der Waals surface area contributed by atoms with Crippen molar-refractivity contribution in [2.75, 3.05) is 36.0 Å². The summed E-state index contributed by atoms with van der Waals surface area (Å²) in [4.78, 5) is 5.06. The number of allylic oxidation sites excluding steroid dienone is 2. The molecule has 4 aromatic rings. The summed E-state index contributed by atoms with van der Waals surface area (Å²) in [6, 6.07) is 34.0. The highest BCUT2D eigenvalue weighted by Crippen LogP contribution is 2.75. The summed E-state index contributed by atoms with van der Waals surface area (Å²) in [6.45, 7) is 23.3. The van der Waals surface area contributed by atoms with Crippen LogP contribution in [0.15, 0.2) is 84.9 Å². The molecule has 4 aliphatic carbocycles. The zero-order chi connectivity index (χ0) is 32.1. The second-order valence-electron chi connectivity index (χ2n) is 14.5. The molecule has 2 unspecified atom stereocenters. The maximum absolute atomic E-state index is 2.61. The fourth-order valence-electron chi connectivity index (χ4n) is 10.9. The van der Waals surface area contributed by atoms with Crippen molar-refractivity contribution >= 4 is 22.5 Å². The number of rotatable bonds is 6. The molecule has 2 spiro atoms. The van der Waals surface area contributed by atoms with Crippen LogP contribution in [0.2, 0.25) is 0 Å². The van der Waals surface area contributed by atoms with Gasteiger partial charge in [0.05, 0.1) is 10.8 Å². The number of hydrogen-bond acceptors (Lipinski definition) is 2. The third-order valence-corrected chi connectivity index (χ3v) is 13.3. The molecule has 0 fully saturated rings. The molecule has 2 nitrogen and oxygen atoms in total. The molecule has 0 saturated heterocycles. The van der Waals surface area contributed by atoms with Gasteiger partial charge >= 0.3 is 0 Å². The first-order chi connectivity index (χ1) is 22.3. The third kappa shape index (κ3) is 3.33. The van der Waals surface area contributed by atoms with Gasteiger partial charge in [0.25, 0.3) is 0 Å². The Morgan fingerprint density at radius 3 is 1.22 bits per heavy atom. The molecular weight excluding hydrogens is 556 g/mol. The zero-order valence-electron chi connectivity index (χ0n) is 29.1. The Morgan fingerprint density at radius 1 is 0.478 bits per heavy atom. The number of anilines is 2. The minimum Gasteiger partial charge on any atom is -0.372 e. The first-order valence-electron chi connectivity index (χ1n) is 18.1. The molecule has 0 N–H and O–H groups in total. The van der Waals surface area contributed by atoms with E-state index in [0.29, 0.717) is 23.7 Å². The van der Waals surface area contributed by atoms with Crippen molar-refractivity contribution in [2.45, 2.75) is 78.1 Å². The van der Waals surface area contributed by atoms with Crippen LogP contribution in [0.1, 0.15) is 112 Å². The second-order valence-corrected chi connectivity index (χ2v) is 14.5. The lowest BCUT2D eigenvalue weighted by molar-refractivity contribution is 0.418. The van der Waals surface area contributed by atoms with Crippen LogP contribution in [0, 0.1) is 11.8 Å². The van der Waals surface area contributed by atoms with Gasteiger partial charge < -0.3 is 9.80 Å². The van der Waals surface area contributed by atoms with Crippen LogP contribution < -0.4 is 9.80 Å². The molecule has 236 valence electrons. The van der Waals surface area contributed by atoms with Gasteiger partial charge in [0.2, 0.25) is 0 Å². The summed E-state index contributed by atoms with van der Waals surface area (Å²) in [5.74, 6) is 1.79. The Balaban J connectivity index is 1.55. The summed E-state index contributed by atoms with van der Waals surface area (Å²) in [5, 5.41) is 0. The SMILES string of the molecule is CCN(CC)c1ccc2c(c1)C1(C3=C2C2(c4cc(N(CC)CC)ccc43)c3ccccc3[C@H](C)[C@@H]2C)c2ccccc2[C@H](C)[C@@H]1C.